The van der Waals surface area contributed by atoms with Crippen molar-refractivity contribution in [2.75, 3.05) is 5.75 Å². The molecule has 0 unspecified atom stereocenters. The van der Waals surface area contributed by atoms with Crippen molar-refractivity contribution >= 4 is 18.7 Å². The van der Waals surface area contributed by atoms with E-state index in [0.29, 0.717) is 5.56 Å². The number of phenols is 1. The molecule has 0 aliphatic heterocycles. The fraction of sp³-hybridized carbons (Fsp3) is 0.200. The van der Waals surface area contributed by atoms with Crippen molar-refractivity contribution in [2.24, 2.45) is 0 Å². The lowest BCUT2D eigenvalue weighted by molar-refractivity contribution is 0.471. The Bertz CT molecular complexity index is 310. The molecule has 0 saturated heterocycles. The molecule has 0 atom stereocenters. The molecule has 1 aromatic carbocycles. The number of aromatic hydroxyl groups is 1. The van der Waals surface area contributed by atoms with Crippen molar-refractivity contribution in [3.05, 3.63) is 35.7 Å². The fourth-order valence-corrected chi connectivity index (χ4v) is 1.09. The Balaban J connectivity index is 2.81. The van der Waals surface area contributed by atoms with Gasteiger partial charge in [-0.1, -0.05) is 12.2 Å². The molecule has 0 spiro atoms. The number of halogens is 1. The predicted molar refractivity (Wildman–Crippen MR) is 55.6 cm³/mol. The third-order valence-electron chi connectivity index (χ3n) is 1.58. The Morgan fingerprint density at radius 2 is 2.23 bits per heavy atom. The van der Waals surface area contributed by atoms with Gasteiger partial charge < -0.3 is 5.11 Å². The Kier molecular flexibility index (Phi) is 3.83. The van der Waals surface area contributed by atoms with Gasteiger partial charge >= 0.3 is 0 Å². The van der Waals surface area contributed by atoms with Crippen LogP contribution in [0.15, 0.2) is 24.3 Å². The van der Waals surface area contributed by atoms with Crippen LogP contribution in [0.2, 0.25) is 0 Å². The monoisotopic (exact) mass is 198 g/mol. The van der Waals surface area contributed by atoms with Gasteiger partial charge in [-0.2, -0.15) is 12.6 Å². The van der Waals surface area contributed by atoms with E-state index in [4.69, 9.17) is 0 Å². The highest BCUT2D eigenvalue weighted by atomic mass is 32.1. The second-order valence-corrected chi connectivity index (χ2v) is 3.07. The van der Waals surface area contributed by atoms with E-state index in [0.717, 1.165) is 12.2 Å². The highest BCUT2D eigenvalue weighted by Crippen LogP contribution is 2.19. The molecular weight excluding hydrogens is 187 g/mol. The molecular formula is C10H11FOS. The minimum absolute atomic E-state index is 0.0943. The van der Waals surface area contributed by atoms with E-state index in [1.807, 2.05) is 6.08 Å². The fourth-order valence-electron chi connectivity index (χ4n) is 0.944. The SMILES string of the molecule is Oc1ccc(F)cc1C=CCCS. The smallest absolute Gasteiger partial charge is 0.124 e. The second kappa shape index (κ2) is 4.92. The zero-order valence-electron chi connectivity index (χ0n) is 7.07. The first-order valence-electron chi connectivity index (χ1n) is 4.00. The van der Waals surface area contributed by atoms with E-state index in [1.165, 1.54) is 18.2 Å². The minimum atomic E-state index is -0.344. The first kappa shape index (κ1) is 10.1. The lowest BCUT2D eigenvalue weighted by Crippen LogP contribution is -1.78. The number of hydrogen-bond donors (Lipinski definition) is 2. The zero-order valence-corrected chi connectivity index (χ0v) is 7.97. The maximum atomic E-state index is 12.7. The average molecular weight is 198 g/mol. The molecule has 13 heavy (non-hydrogen) atoms. The van der Waals surface area contributed by atoms with E-state index >= 15 is 0 Å². The van der Waals surface area contributed by atoms with Crippen LogP contribution in [-0.2, 0) is 0 Å². The van der Waals surface area contributed by atoms with Gasteiger partial charge in [0.2, 0.25) is 0 Å². The Hall–Kier alpha value is -0.960. The zero-order chi connectivity index (χ0) is 9.68. The topological polar surface area (TPSA) is 20.2 Å². The highest BCUT2D eigenvalue weighted by Gasteiger charge is 1.97. The molecule has 0 fully saturated rings. The summed E-state index contributed by atoms with van der Waals surface area (Å²) < 4.78 is 12.7. The second-order valence-electron chi connectivity index (χ2n) is 2.62. The van der Waals surface area contributed by atoms with Gasteiger partial charge in [-0.05, 0) is 30.4 Å². The summed E-state index contributed by atoms with van der Waals surface area (Å²) in [5, 5.41) is 9.30. The molecule has 0 bridgehead atoms. The minimum Gasteiger partial charge on any atom is -0.507 e. The molecule has 0 saturated carbocycles. The molecule has 0 amide bonds. The van der Waals surface area contributed by atoms with Crippen molar-refractivity contribution in [1.82, 2.24) is 0 Å². The third-order valence-corrected chi connectivity index (χ3v) is 1.84. The highest BCUT2D eigenvalue weighted by molar-refractivity contribution is 7.80. The van der Waals surface area contributed by atoms with E-state index in [-0.39, 0.29) is 11.6 Å². The molecule has 0 aliphatic rings. The van der Waals surface area contributed by atoms with Gasteiger partial charge in [0.15, 0.2) is 0 Å². The molecule has 1 aromatic rings. The molecule has 0 radical (unpaired) electrons. The Morgan fingerprint density at radius 1 is 1.46 bits per heavy atom. The molecule has 1 nitrogen and oxygen atoms in total. The van der Waals surface area contributed by atoms with Crippen molar-refractivity contribution in [1.29, 1.82) is 0 Å². The number of benzene rings is 1. The quantitative estimate of drug-likeness (QED) is 0.715. The van der Waals surface area contributed by atoms with Crippen LogP contribution < -0.4 is 0 Å². The van der Waals surface area contributed by atoms with Gasteiger partial charge in [0.05, 0.1) is 0 Å². The number of hydrogen-bond acceptors (Lipinski definition) is 2. The Morgan fingerprint density at radius 3 is 2.92 bits per heavy atom. The van der Waals surface area contributed by atoms with Crippen LogP contribution in [0.4, 0.5) is 4.39 Å². The largest absolute Gasteiger partial charge is 0.507 e. The van der Waals surface area contributed by atoms with Gasteiger partial charge in [-0.25, -0.2) is 4.39 Å². The molecule has 1 rings (SSSR count). The summed E-state index contributed by atoms with van der Waals surface area (Å²) in [5.74, 6) is 0.493. The van der Waals surface area contributed by atoms with Crippen LogP contribution in [0, 0.1) is 5.82 Å². The summed E-state index contributed by atoms with van der Waals surface area (Å²) in [6.07, 6.45) is 4.34. The maximum absolute atomic E-state index is 12.7. The number of rotatable bonds is 3. The van der Waals surface area contributed by atoms with E-state index in [1.54, 1.807) is 6.08 Å². The summed E-state index contributed by atoms with van der Waals surface area (Å²) in [6.45, 7) is 0. The van der Waals surface area contributed by atoms with E-state index in [9.17, 15) is 9.50 Å². The molecule has 1 N–H and O–H groups in total. The van der Waals surface area contributed by atoms with Crippen LogP contribution in [-0.4, -0.2) is 10.9 Å². The maximum Gasteiger partial charge on any atom is 0.124 e. The summed E-state index contributed by atoms with van der Waals surface area (Å²) in [7, 11) is 0. The summed E-state index contributed by atoms with van der Waals surface area (Å²) in [4.78, 5) is 0. The molecule has 0 aromatic heterocycles. The third kappa shape index (κ3) is 3.11. The first-order valence-corrected chi connectivity index (χ1v) is 4.63. The average Bonchev–Trinajstić information content (AvgIpc) is 2.11. The summed E-state index contributed by atoms with van der Waals surface area (Å²) >= 11 is 4.03. The molecule has 70 valence electrons. The van der Waals surface area contributed by atoms with Crippen molar-refractivity contribution in [3.63, 3.8) is 0 Å². The Labute approximate surface area is 82.3 Å². The molecule has 3 heteroatoms. The lowest BCUT2D eigenvalue weighted by Gasteiger charge is -1.97. The van der Waals surface area contributed by atoms with Gasteiger partial charge in [-0.15, -0.1) is 0 Å². The van der Waals surface area contributed by atoms with E-state index in [2.05, 4.69) is 12.6 Å². The van der Waals surface area contributed by atoms with Crippen LogP contribution in [0.1, 0.15) is 12.0 Å². The lowest BCUT2D eigenvalue weighted by atomic mass is 10.2. The predicted octanol–water partition coefficient (Wildman–Crippen LogP) is 2.86. The van der Waals surface area contributed by atoms with Gasteiger partial charge in [0.25, 0.3) is 0 Å². The number of allylic oxidation sites excluding steroid dienone is 1. The van der Waals surface area contributed by atoms with Crippen molar-refractivity contribution in [2.45, 2.75) is 6.42 Å². The van der Waals surface area contributed by atoms with Crippen LogP contribution in [0.25, 0.3) is 6.08 Å². The van der Waals surface area contributed by atoms with Crippen molar-refractivity contribution in [3.8, 4) is 5.75 Å². The van der Waals surface area contributed by atoms with Gasteiger partial charge in [-0.3, -0.25) is 0 Å². The normalized spacial score (nSPS) is 10.9. The van der Waals surface area contributed by atoms with Gasteiger partial charge in [0, 0.05) is 5.56 Å². The first-order chi connectivity index (χ1) is 6.24. The number of thiol groups is 1. The molecule has 0 heterocycles. The van der Waals surface area contributed by atoms with Crippen molar-refractivity contribution < 1.29 is 9.50 Å². The van der Waals surface area contributed by atoms with Crippen LogP contribution >= 0.6 is 12.6 Å². The standard InChI is InChI=1S/C10H11FOS/c11-9-4-5-10(12)8(7-9)3-1-2-6-13/h1,3-5,7,12-13H,2,6H2. The van der Waals surface area contributed by atoms with Gasteiger partial charge in [0.1, 0.15) is 11.6 Å². The van der Waals surface area contributed by atoms with E-state index < -0.39 is 0 Å². The van der Waals surface area contributed by atoms with Crippen LogP contribution in [0.3, 0.4) is 0 Å². The summed E-state index contributed by atoms with van der Waals surface area (Å²) in [5.41, 5.74) is 0.502. The molecule has 0 aliphatic carbocycles. The number of phenolic OH excluding ortho intramolecular Hbond substituents is 1. The summed E-state index contributed by atoms with van der Waals surface area (Å²) in [6, 6.07) is 3.87. The van der Waals surface area contributed by atoms with Crippen LogP contribution in [0.5, 0.6) is 5.75 Å².